The van der Waals surface area contributed by atoms with Gasteiger partial charge in [0.25, 0.3) is 5.91 Å². The Bertz CT molecular complexity index is 467. The first-order chi connectivity index (χ1) is 7.15. The average Bonchev–Trinajstić information content (AvgIpc) is 2.45. The molecular weight excluding hydrogens is 210 g/mol. The van der Waals surface area contributed by atoms with Crippen molar-refractivity contribution >= 4 is 29.3 Å². The Kier molecular flexibility index (Phi) is 2.47. The van der Waals surface area contributed by atoms with E-state index in [9.17, 15) is 4.79 Å². The van der Waals surface area contributed by atoms with Crippen LogP contribution < -0.4 is 10.6 Å². The van der Waals surface area contributed by atoms with Gasteiger partial charge in [-0.15, -0.1) is 0 Å². The van der Waals surface area contributed by atoms with Crippen LogP contribution in [0.25, 0.3) is 6.08 Å². The molecule has 1 aromatic rings. The lowest BCUT2D eigenvalue weighted by atomic mass is 10.2. The maximum absolute atomic E-state index is 11.3. The second kappa shape index (κ2) is 3.78. The van der Waals surface area contributed by atoms with Crippen molar-refractivity contribution in [2.75, 3.05) is 0 Å². The van der Waals surface area contributed by atoms with Crippen LogP contribution >= 0.6 is 12.2 Å². The monoisotopic (exact) mass is 219 g/mol. The lowest BCUT2D eigenvalue weighted by Gasteiger charge is -1.96. The highest BCUT2D eigenvalue weighted by molar-refractivity contribution is 7.80. The predicted molar refractivity (Wildman–Crippen MR) is 60.8 cm³/mol. The van der Waals surface area contributed by atoms with Crippen molar-refractivity contribution in [2.24, 2.45) is 0 Å². The molecule has 1 amide bonds. The summed E-state index contributed by atoms with van der Waals surface area (Å²) >= 11 is 4.81. The molecule has 0 atom stereocenters. The number of rotatable bonds is 1. The van der Waals surface area contributed by atoms with E-state index in [0.717, 1.165) is 11.4 Å². The summed E-state index contributed by atoms with van der Waals surface area (Å²) in [6.45, 7) is 1.90. The number of nitrogens with one attached hydrogen (secondary N) is 2. The molecule has 0 aromatic carbocycles. The fourth-order valence-electron chi connectivity index (χ4n) is 1.27. The molecule has 2 N–H and O–H groups in total. The number of aryl methyl sites for hydroxylation is 1. The van der Waals surface area contributed by atoms with Crippen LogP contribution in [0.2, 0.25) is 0 Å². The standard InChI is InChI=1S/C10H9N3OS/c1-6-3-2-4-7(11-6)5-8-9(14)13-10(15)12-8/h2-5H,1H3,(H2,12,13,14,15)/b8-5+. The molecule has 2 heterocycles. The highest BCUT2D eigenvalue weighted by atomic mass is 32.1. The summed E-state index contributed by atoms with van der Waals surface area (Å²) in [5, 5.41) is 5.58. The molecule has 0 saturated carbocycles. The smallest absolute Gasteiger partial charge is 0.273 e. The van der Waals surface area contributed by atoms with E-state index in [1.807, 2.05) is 25.1 Å². The normalized spacial score (nSPS) is 17.8. The van der Waals surface area contributed by atoms with Crippen molar-refractivity contribution in [3.05, 3.63) is 35.3 Å². The quantitative estimate of drug-likeness (QED) is 0.540. The molecule has 2 rings (SSSR count). The van der Waals surface area contributed by atoms with E-state index < -0.39 is 0 Å². The molecule has 0 unspecified atom stereocenters. The van der Waals surface area contributed by atoms with E-state index >= 15 is 0 Å². The molecule has 5 heteroatoms. The molecule has 0 bridgehead atoms. The SMILES string of the molecule is Cc1cccc(/C=C2/NC(=S)NC2=O)n1. The number of nitrogens with zero attached hydrogens (tertiary/aromatic N) is 1. The van der Waals surface area contributed by atoms with Crippen molar-refractivity contribution in [3.63, 3.8) is 0 Å². The van der Waals surface area contributed by atoms with Gasteiger partial charge < -0.3 is 5.32 Å². The van der Waals surface area contributed by atoms with Gasteiger partial charge in [0, 0.05) is 5.69 Å². The molecule has 76 valence electrons. The predicted octanol–water partition coefficient (Wildman–Crippen LogP) is 0.735. The minimum absolute atomic E-state index is 0.219. The van der Waals surface area contributed by atoms with Crippen LogP contribution in [-0.2, 0) is 4.79 Å². The summed E-state index contributed by atoms with van der Waals surface area (Å²) in [4.78, 5) is 15.6. The number of pyridine rings is 1. The maximum Gasteiger partial charge on any atom is 0.273 e. The van der Waals surface area contributed by atoms with E-state index in [4.69, 9.17) is 12.2 Å². The molecule has 0 spiro atoms. The second-order valence-corrected chi connectivity index (χ2v) is 3.58. The Morgan fingerprint density at radius 2 is 2.20 bits per heavy atom. The van der Waals surface area contributed by atoms with Crippen LogP contribution in [0, 0.1) is 6.92 Å². The Morgan fingerprint density at radius 3 is 2.80 bits per heavy atom. The highest BCUT2D eigenvalue weighted by Crippen LogP contribution is 2.06. The van der Waals surface area contributed by atoms with Gasteiger partial charge in [-0.2, -0.15) is 0 Å². The molecule has 4 nitrogen and oxygen atoms in total. The van der Waals surface area contributed by atoms with Crippen molar-refractivity contribution < 1.29 is 4.79 Å². The zero-order valence-electron chi connectivity index (χ0n) is 8.07. The van der Waals surface area contributed by atoms with Crippen molar-refractivity contribution in [2.45, 2.75) is 6.92 Å². The first-order valence-electron chi connectivity index (χ1n) is 4.43. The third kappa shape index (κ3) is 2.19. The molecule has 1 fully saturated rings. The van der Waals surface area contributed by atoms with Crippen LogP contribution in [0.5, 0.6) is 0 Å². The fourth-order valence-corrected chi connectivity index (χ4v) is 1.48. The lowest BCUT2D eigenvalue weighted by molar-refractivity contribution is -0.115. The number of aromatic nitrogens is 1. The van der Waals surface area contributed by atoms with Crippen LogP contribution in [-0.4, -0.2) is 16.0 Å². The van der Waals surface area contributed by atoms with Gasteiger partial charge in [0.05, 0.1) is 5.69 Å². The molecule has 1 aromatic heterocycles. The summed E-state index contributed by atoms with van der Waals surface area (Å²) in [7, 11) is 0. The second-order valence-electron chi connectivity index (χ2n) is 3.17. The third-order valence-electron chi connectivity index (χ3n) is 1.92. The van der Waals surface area contributed by atoms with E-state index in [1.54, 1.807) is 6.08 Å². The fraction of sp³-hybridized carbons (Fsp3) is 0.100. The number of thiocarbonyl (C=S) groups is 1. The number of carbonyl (C=O) groups is 1. The van der Waals surface area contributed by atoms with Crippen LogP contribution in [0.3, 0.4) is 0 Å². The molecule has 0 radical (unpaired) electrons. The van der Waals surface area contributed by atoms with Gasteiger partial charge in [0.1, 0.15) is 5.70 Å². The number of hydrogen-bond donors (Lipinski definition) is 2. The number of amides is 1. The van der Waals surface area contributed by atoms with Crippen molar-refractivity contribution in [3.8, 4) is 0 Å². The number of carbonyl (C=O) groups excluding carboxylic acids is 1. The van der Waals surface area contributed by atoms with Crippen LogP contribution in [0.4, 0.5) is 0 Å². The summed E-state index contributed by atoms with van der Waals surface area (Å²) in [5.74, 6) is -0.219. The Morgan fingerprint density at radius 1 is 1.40 bits per heavy atom. The Hall–Kier alpha value is -1.75. The number of hydrogen-bond acceptors (Lipinski definition) is 3. The molecule has 1 saturated heterocycles. The topological polar surface area (TPSA) is 54.0 Å². The van der Waals surface area contributed by atoms with Crippen LogP contribution in [0.1, 0.15) is 11.4 Å². The Balaban J connectivity index is 2.31. The zero-order chi connectivity index (χ0) is 10.8. The minimum Gasteiger partial charge on any atom is -0.328 e. The molecule has 1 aliphatic heterocycles. The molecule has 15 heavy (non-hydrogen) atoms. The Labute approximate surface area is 92.4 Å². The van der Waals surface area contributed by atoms with E-state index in [-0.39, 0.29) is 5.91 Å². The summed E-state index contributed by atoms with van der Waals surface area (Å²) in [6, 6.07) is 5.62. The van der Waals surface area contributed by atoms with Gasteiger partial charge in [-0.3, -0.25) is 15.1 Å². The van der Waals surface area contributed by atoms with E-state index in [1.165, 1.54) is 0 Å². The summed E-state index contributed by atoms with van der Waals surface area (Å²) in [6.07, 6.45) is 1.67. The summed E-state index contributed by atoms with van der Waals surface area (Å²) in [5.41, 5.74) is 2.07. The third-order valence-corrected chi connectivity index (χ3v) is 2.13. The largest absolute Gasteiger partial charge is 0.328 e. The van der Waals surface area contributed by atoms with E-state index in [0.29, 0.717) is 10.8 Å². The van der Waals surface area contributed by atoms with Gasteiger partial charge in [-0.1, -0.05) is 6.07 Å². The van der Waals surface area contributed by atoms with Gasteiger partial charge in [-0.05, 0) is 37.4 Å². The highest BCUT2D eigenvalue weighted by Gasteiger charge is 2.19. The van der Waals surface area contributed by atoms with Crippen LogP contribution in [0.15, 0.2) is 23.9 Å². The average molecular weight is 219 g/mol. The first-order valence-corrected chi connectivity index (χ1v) is 4.84. The van der Waals surface area contributed by atoms with E-state index in [2.05, 4.69) is 15.6 Å². The van der Waals surface area contributed by atoms with Gasteiger partial charge in [0.2, 0.25) is 0 Å². The zero-order valence-corrected chi connectivity index (χ0v) is 8.89. The van der Waals surface area contributed by atoms with Gasteiger partial charge >= 0.3 is 0 Å². The summed E-state index contributed by atoms with van der Waals surface area (Å²) < 4.78 is 0. The molecule has 0 aliphatic carbocycles. The lowest BCUT2D eigenvalue weighted by Crippen LogP contribution is -2.21. The van der Waals surface area contributed by atoms with Crippen molar-refractivity contribution in [1.29, 1.82) is 0 Å². The van der Waals surface area contributed by atoms with Gasteiger partial charge in [0.15, 0.2) is 5.11 Å². The first kappa shape index (κ1) is 9.79. The minimum atomic E-state index is -0.219. The molecular formula is C10H9N3OS. The molecule has 1 aliphatic rings. The van der Waals surface area contributed by atoms with Crippen molar-refractivity contribution in [1.82, 2.24) is 15.6 Å². The van der Waals surface area contributed by atoms with Gasteiger partial charge in [-0.25, -0.2) is 0 Å². The maximum atomic E-state index is 11.3.